The van der Waals surface area contributed by atoms with Crippen LogP contribution in [0.5, 0.6) is 0 Å². The summed E-state index contributed by atoms with van der Waals surface area (Å²) in [6.45, 7) is 4.66. The first-order chi connectivity index (χ1) is 8.66. The molecule has 2 rings (SSSR count). The number of ether oxygens (including phenoxy) is 1. The summed E-state index contributed by atoms with van der Waals surface area (Å²) >= 11 is 5.80. The zero-order chi connectivity index (χ0) is 13.0. The fourth-order valence-electron chi connectivity index (χ4n) is 1.36. The van der Waals surface area contributed by atoms with Gasteiger partial charge >= 0.3 is 0 Å². The lowest BCUT2D eigenvalue weighted by atomic mass is 10.3. The number of rotatable bonds is 6. The SMILES string of the molecule is CC(C)OCCCc1nc(-c2n[nH]nc2Cl)no1. The van der Waals surface area contributed by atoms with Crippen LogP contribution in [-0.2, 0) is 11.2 Å². The van der Waals surface area contributed by atoms with Crippen LogP contribution >= 0.6 is 11.6 Å². The molecule has 18 heavy (non-hydrogen) atoms. The average Bonchev–Trinajstić information content (AvgIpc) is 2.92. The Morgan fingerprint density at radius 1 is 1.39 bits per heavy atom. The van der Waals surface area contributed by atoms with E-state index in [4.69, 9.17) is 20.9 Å². The van der Waals surface area contributed by atoms with E-state index in [1.807, 2.05) is 13.8 Å². The summed E-state index contributed by atoms with van der Waals surface area (Å²) < 4.78 is 10.5. The summed E-state index contributed by atoms with van der Waals surface area (Å²) in [4.78, 5) is 4.19. The molecule has 0 unspecified atom stereocenters. The van der Waals surface area contributed by atoms with Gasteiger partial charge in [0, 0.05) is 13.0 Å². The van der Waals surface area contributed by atoms with Crippen molar-refractivity contribution in [3.63, 3.8) is 0 Å². The highest BCUT2D eigenvalue weighted by Crippen LogP contribution is 2.20. The van der Waals surface area contributed by atoms with Crippen molar-refractivity contribution in [3.05, 3.63) is 11.0 Å². The van der Waals surface area contributed by atoms with Crippen molar-refractivity contribution in [3.8, 4) is 11.5 Å². The molecule has 0 saturated heterocycles. The maximum absolute atomic E-state index is 5.80. The van der Waals surface area contributed by atoms with Gasteiger partial charge in [-0.1, -0.05) is 16.8 Å². The fourth-order valence-corrected chi connectivity index (χ4v) is 1.52. The number of aromatic amines is 1. The van der Waals surface area contributed by atoms with Gasteiger partial charge in [0.05, 0.1) is 6.10 Å². The van der Waals surface area contributed by atoms with E-state index in [0.717, 1.165) is 6.42 Å². The number of nitrogens with one attached hydrogen (secondary N) is 1. The van der Waals surface area contributed by atoms with E-state index in [2.05, 4.69) is 25.6 Å². The highest BCUT2D eigenvalue weighted by Gasteiger charge is 2.15. The smallest absolute Gasteiger partial charge is 0.227 e. The number of halogens is 1. The fraction of sp³-hybridized carbons (Fsp3) is 0.600. The summed E-state index contributed by atoms with van der Waals surface area (Å²) in [7, 11) is 0. The minimum atomic E-state index is 0.227. The largest absolute Gasteiger partial charge is 0.379 e. The van der Waals surface area contributed by atoms with E-state index in [0.29, 0.717) is 30.4 Å². The van der Waals surface area contributed by atoms with Gasteiger partial charge in [0.15, 0.2) is 10.8 Å². The van der Waals surface area contributed by atoms with Crippen LogP contribution in [-0.4, -0.2) is 38.3 Å². The molecule has 0 amide bonds. The Hall–Kier alpha value is -1.47. The third-order valence-electron chi connectivity index (χ3n) is 2.17. The molecule has 0 fully saturated rings. The standard InChI is InChI=1S/C10H14ClN5O2/c1-6(2)17-5-3-4-7-12-10(15-18-7)8-9(11)14-16-13-8/h6H,3-5H2,1-2H3,(H,13,14,16). The molecular formula is C10H14ClN5O2. The van der Waals surface area contributed by atoms with Crippen LogP contribution in [0.4, 0.5) is 0 Å². The zero-order valence-corrected chi connectivity index (χ0v) is 10.9. The molecule has 2 aromatic heterocycles. The van der Waals surface area contributed by atoms with E-state index < -0.39 is 0 Å². The van der Waals surface area contributed by atoms with E-state index in [1.54, 1.807) is 0 Å². The second kappa shape index (κ2) is 5.92. The maximum Gasteiger partial charge on any atom is 0.227 e. The Labute approximate surface area is 109 Å². The van der Waals surface area contributed by atoms with Crippen molar-refractivity contribution < 1.29 is 9.26 Å². The summed E-state index contributed by atoms with van der Waals surface area (Å²) in [5.41, 5.74) is 0.394. The van der Waals surface area contributed by atoms with Crippen LogP contribution < -0.4 is 0 Å². The van der Waals surface area contributed by atoms with Crippen LogP contribution in [0.3, 0.4) is 0 Å². The second-order valence-corrected chi connectivity index (χ2v) is 4.36. The summed E-state index contributed by atoms with van der Waals surface area (Å²) in [6, 6.07) is 0. The quantitative estimate of drug-likeness (QED) is 0.807. The number of H-pyrrole nitrogens is 1. The molecule has 2 heterocycles. The molecule has 0 aliphatic rings. The van der Waals surface area contributed by atoms with E-state index in [9.17, 15) is 0 Å². The second-order valence-electron chi connectivity index (χ2n) is 4.00. The molecule has 0 spiro atoms. The van der Waals surface area contributed by atoms with Crippen LogP contribution in [0.15, 0.2) is 4.52 Å². The topological polar surface area (TPSA) is 89.7 Å². The summed E-state index contributed by atoms with van der Waals surface area (Å²) in [6.07, 6.45) is 1.72. The van der Waals surface area contributed by atoms with E-state index >= 15 is 0 Å². The third kappa shape index (κ3) is 3.27. The summed E-state index contributed by atoms with van der Waals surface area (Å²) in [5, 5.41) is 13.9. The molecule has 98 valence electrons. The van der Waals surface area contributed by atoms with Crippen LogP contribution in [0, 0.1) is 0 Å². The molecule has 1 N–H and O–H groups in total. The number of hydrogen-bond acceptors (Lipinski definition) is 6. The first-order valence-corrected chi connectivity index (χ1v) is 6.05. The maximum atomic E-state index is 5.80. The summed E-state index contributed by atoms with van der Waals surface area (Å²) in [5.74, 6) is 0.880. The van der Waals surface area contributed by atoms with E-state index in [-0.39, 0.29) is 11.3 Å². The van der Waals surface area contributed by atoms with Crippen LogP contribution in [0.2, 0.25) is 5.15 Å². The van der Waals surface area contributed by atoms with Crippen LogP contribution in [0.25, 0.3) is 11.5 Å². The molecule has 0 aromatic carbocycles. The van der Waals surface area contributed by atoms with Gasteiger partial charge in [-0.15, -0.1) is 5.10 Å². The normalized spacial score (nSPS) is 11.3. The van der Waals surface area contributed by atoms with Crippen LogP contribution in [0.1, 0.15) is 26.2 Å². The lowest BCUT2D eigenvalue weighted by Crippen LogP contribution is -2.04. The van der Waals surface area contributed by atoms with Gasteiger partial charge in [0.1, 0.15) is 0 Å². The van der Waals surface area contributed by atoms with Crippen molar-refractivity contribution in [1.29, 1.82) is 0 Å². The molecule has 8 heteroatoms. The predicted molar refractivity (Wildman–Crippen MR) is 64.1 cm³/mol. The van der Waals surface area contributed by atoms with Crippen molar-refractivity contribution in [1.82, 2.24) is 25.6 Å². The molecule has 0 atom stereocenters. The molecule has 0 bridgehead atoms. The minimum absolute atomic E-state index is 0.227. The zero-order valence-electron chi connectivity index (χ0n) is 10.2. The molecule has 0 aliphatic carbocycles. The van der Waals surface area contributed by atoms with Gasteiger partial charge < -0.3 is 9.26 Å². The van der Waals surface area contributed by atoms with Crippen molar-refractivity contribution in [2.45, 2.75) is 32.8 Å². The Balaban J connectivity index is 1.89. The number of hydrogen-bond donors (Lipinski definition) is 1. The van der Waals surface area contributed by atoms with Gasteiger partial charge in [-0.3, -0.25) is 0 Å². The first-order valence-electron chi connectivity index (χ1n) is 5.67. The number of aromatic nitrogens is 5. The number of aryl methyl sites for hydroxylation is 1. The van der Waals surface area contributed by atoms with Gasteiger partial charge in [-0.05, 0) is 20.3 Å². The predicted octanol–water partition coefficient (Wildman–Crippen LogP) is 1.87. The Bertz CT molecular complexity index is 496. The Morgan fingerprint density at radius 2 is 2.22 bits per heavy atom. The molecule has 2 aromatic rings. The minimum Gasteiger partial charge on any atom is -0.379 e. The molecule has 0 aliphatic heterocycles. The monoisotopic (exact) mass is 271 g/mol. The van der Waals surface area contributed by atoms with Gasteiger partial charge in [0.2, 0.25) is 11.7 Å². The van der Waals surface area contributed by atoms with Gasteiger partial charge in [-0.25, -0.2) is 0 Å². The van der Waals surface area contributed by atoms with E-state index in [1.165, 1.54) is 0 Å². The first kappa shape index (κ1) is 13.0. The average molecular weight is 272 g/mol. The Kier molecular flexibility index (Phi) is 4.27. The van der Waals surface area contributed by atoms with Crippen molar-refractivity contribution in [2.75, 3.05) is 6.61 Å². The molecule has 0 radical (unpaired) electrons. The highest BCUT2D eigenvalue weighted by molar-refractivity contribution is 6.31. The van der Waals surface area contributed by atoms with Gasteiger partial charge in [0.25, 0.3) is 0 Å². The molecule has 0 saturated carbocycles. The van der Waals surface area contributed by atoms with Crippen molar-refractivity contribution in [2.24, 2.45) is 0 Å². The lowest BCUT2D eigenvalue weighted by Gasteiger charge is -2.04. The third-order valence-corrected chi connectivity index (χ3v) is 2.43. The number of nitrogens with zero attached hydrogens (tertiary/aromatic N) is 4. The highest BCUT2D eigenvalue weighted by atomic mass is 35.5. The molecule has 7 nitrogen and oxygen atoms in total. The van der Waals surface area contributed by atoms with Crippen molar-refractivity contribution >= 4 is 11.6 Å². The lowest BCUT2D eigenvalue weighted by molar-refractivity contribution is 0.0761. The van der Waals surface area contributed by atoms with Gasteiger partial charge in [-0.2, -0.15) is 15.3 Å². The Morgan fingerprint density at radius 3 is 2.89 bits per heavy atom. The molecular weight excluding hydrogens is 258 g/mol.